The summed E-state index contributed by atoms with van der Waals surface area (Å²) in [6.07, 6.45) is -10.8. The second-order valence-corrected chi connectivity index (χ2v) is 5.94. The molecular weight excluding hydrogens is 328 g/mol. The van der Waals surface area contributed by atoms with Gasteiger partial charge in [-0.15, -0.1) is 0 Å². The van der Waals surface area contributed by atoms with Crippen molar-refractivity contribution in [3.05, 3.63) is 34.9 Å². The van der Waals surface area contributed by atoms with Crippen molar-refractivity contribution in [2.24, 2.45) is 5.41 Å². The zero-order chi connectivity index (χ0) is 17.6. The van der Waals surface area contributed by atoms with E-state index in [0.717, 1.165) is 6.07 Å². The number of cyclic esters (lactones) is 1. The number of rotatable bonds is 1. The van der Waals surface area contributed by atoms with Crippen molar-refractivity contribution in [3.63, 3.8) is 0 Å². The highest BCUT2D eigenvalue weighted by Gasteiger charge is 2.44. The van der Waals surface area contributed by atoms with Gasteiger partial charge < -0.3 is 10.1 Å². The van der Waals surface area contributed by atoms with E-state index in [9.17, 15) is 31.1 Å². The van der Waals surface area contributed by atoms with Gasteiger partial charge in [-0.3, -0.25) is 0 Å². The van der Waals surface area contributed by atoms with Crippen LogP contribution in [-0.4, -0.2) is 12.7 Å². The van der Waals surface area contributed by atoms with Crippen molar-refractivity contribution in [2.45, 2.75) is 32.2 Å². The number of carbonyl (C=O) groups is 1. The Bertz CT molecular complexity index is 621. The highest BCUT2D eigenvalue weighted by Crippen LogP contribution is 2.44. The van der Waals surface area contributed by atoms with E-state index in [-0.39, 0.29) is 12.7 Å². The van der Waals surface area contributed by atoms with Gasteiger partial charge in [0.15, 0.2) is 0 Å². The molecule has 23 heavy (non-hydrogen) atoms. The lowest BCUT2D eigenvalue weighted by molar-refractivity contribution is -0.144. The van der Waals surface area contributed by atoms with Gasteiger partial charge >= 0.3 is 18.4 Å². The third-order valence-electron chi connectivity index (χ3n) is 3.62. The largest absolute Gasteiger partial charge is 0.449 e. The SMILES string of the molecule is CC1(C)COC(=O)N[C@@H]1c1ccc(C(F)(F)F)cc1C(F)(F)F. The fourth-order valence-corrected chi connectivity index (χ4v) is 2.42. The lowest BCUT2D eigenvalue weighted by atomic mass is 9.78. The number of alkyl halides is 6. The first kappa shape index (κ1) is 17.4. The smallest absolute Gasteiger partial charge is 0.416 e. The average Bonchev–Trinajstić information content (AvgIpc) is 2.39. The molecule has 0 spiro atoms. The molecule has 0 aliphatic carbocycles. The van der Waals surface area contributed by atoms with Crippen molar-refractivity contribution in [1.82, 2.24) is 5.32 Å². The highest BCUT2D eigenvalue weighted by molar-refractivity contribution is 5.69. The van der Waals surface area contributed by atoms with Crippen LogP contribution in [0.2, 0.25) is 0 Å². The number of benzene rings is 1. The van der Waals surface area contributed by atoms with Gasteiger partial charge in [0.05, 0.1) is 17.2 Å². The van der Waals surface area contributed by atoms with Crippen LogP contribution in [0.15, 0.2) is 18.2 Å². The predicted octanol–water partition coefficient (Wildman–Crippen LogP) is 4.53. The Morgan fingerprint density at radius 1 is 1.13 bits per heavy atom. The molecule has 1 atom stereocenters. The van der Waals surface area contributed by atoms with Gasteiger partial charge in [0.2, 0.25) is 0 Å². The minimum Gasteiger partial charge on any atom is -0.449 e. The van der Waals surface area contributed by atoms with Crippen LogP contribution < -0.4 is 5.32 Å². The molecule has 1 amide bonds. The number of carbonyl (C=O) groups excluding carboxylic acids is 1. The van der Waals surface area contributed by atoms with Gasteiger partial charge in [0, 0.05) is 5.41 Å². The Kier molecular flexibility index (Phi) is 4.02. The fraction of sp³-hybridized carbons (Fsp3) is 0.500. The zero-order valence-electron chi connectivity index (χ0n) is 12.1. The quantitative estimate of drug-likeness (QED) is 0.762. The molecule has 1 N–H and O–H groups in total. The van der Waals surface area contributed by atoms with E-state index in [2.05, 4.69) is 5.32 Å². The number of hydrogen-bond acceptors (Lipinski definition) is 2. The first-order chi connectivity index (χ1) is 10.3. The van der Waals surface area contributed by atoms with Crippen LogP contribution in [0.1, 0.15) is 36.6 Å². The number of ether oxygens (including phenoxy) is 1. The Labute approximate surface area is 127 Å². The predicted molar refractivity (Wildman–Crippen MR) is 67.5 cm³/mol. The monoisotopic (exact) mass is 341 g/mol. The summed E-state index contributed by atoms with van der Waals surface area (Å²) in [5.74, 6) is 0. The first-order valence-electron chi connectivity index (χ1n) is 6.54. The van der Waals surface area contributed by atoms with Crippen LogP contribution >= 0.6 is 0 Å². The molecule has 2 rings (SSSR count). The maximum absolute atomic E-state index is 13.2. The number of hydrogen-bond donors (Lipinski definition) is 1. The maximum Gasteiger partial charge on any atom is 0.416 e. The van der Waals surface area contributed by atoms with Crippen molar-refractivity contribution in [3.8, 4) is 0 Å². The Hall–Kier alpha value is -1.93. The van der Waals surface area contributed by atoms with Crippen LogP contribution in [0, 0.1) is 5.41 Å². The van der Waals surface area contributed by atoms with Crippen molar-refractivity contribution < 1.29 is 35.9 Å². The van der Waals surface area contributed by atoms with E-state index in [1.807, 2.05) is 0 Å². The topological polar surface area (TPSA) is 38.3 Å². The average molecular weight is 341 g/mol. The molecule has 1 heterocycles. The molecular formula is C14H13F6NO2. The Balaban J connectivity index is 2.59. The number of amides is 1. The van der Waals surface area contributed by atoms with Gasteiger partial charge in [-0.05, 0) is 17.7 Å². The normalized spacial score (nSPS) is 21.6. The van der Waals surface area contributed by atoms with E-state index in [1.54, 1.807) is 13.8 Å². The van der Waals surface area contributed by atoms with Crippen LogP contribution in [0.5, 0.6) is 0 Å². The molecule has 128 valence electrons. The summed E-state index contributed by atoms with van der Waals surface area (Å²) < 4.78 is 82.4. The number of halogens is 6. The molecule has 9 heteroatoms. The van der Waals surface area contributed by atoms with Crippen LogP contribution in [0.4, 0.5) is 31.1 Å². The zero-order valence-corrected chi connectivity index (χ0v) is 12.1. The van der Waals surface area contributed by atoms with E-state index in [1.165, 1.54) is 0 Å². The van der Waals surface area contributed by atoms with E-state index >= 15 is 0 Å². The second kappa shape index (κ2) is 5.31. The lowest BCUT2D eigenvalue weighted by Gasteiger charge is -2.39. The summed E-state index contributed by atoms with van der Waals surface area (Å²) >= 11 is 0. The fourth-order valence-electron chi connectivity index (χ4n) is 2.42. The first-order valence-corrected chi connectivity index (χ1v) is 6.54. The minimum atomic E-state index is -4.99. The molecule has 1 saturated heterocycles. The maximum atomic E-state index is 13.2. The standard InChI is InChI=1S/C14H13F6NO2/c1-12(2)6-23-11(22)21-10(12)8-4-3-7(13(15,16)17)5-9(8)14(18,19)20/h3-5,10H,6H2,1-2H3,(H,21,22)/t10-/m1/s1. The molecule has 1 aromatic carbocycles. The van der Waals surface area contributed by atoms with Crippen LogP contribution in [0.25, 0.3) is 0 Å². The van der Waals surface area contributed by atoms with Crippen LogP contribution in [-0.2, 0) is 17.1 Å². The van der Waals surface area contributed by atoms with Crippen molar-refractivity contribution >= 4 is 6.09 Å². The summed E-state index contributed by atoms with van der Waals surface area (Å²) in [7, 11) is 0. The molecule has 1 aliphatic heterocycles. The molecule has 1 aromatic rings. The summed E-state index contributed by atoms with van der Waals surface area (Å²) in [4.78, 5) is 11.3. The van der Waals surface area contributed by atoms with E-state index in [0.29, 0.717) is 6.07 Å². The summed E-state index contributed by atoms with van der Waals surface area (Å²) in [5.41, 5.74) is -4.17. The molecule has 0 bridgehead atoms. The van der Waals surface area contributed by atoms with Gasteiger partial charge in [0.25, 0.3) is 0 Å². The molecule has 0 aromatic heterocycles. The summed E-state index contributed by atoms with van der Waals surface area (Å²) in [6.45, 7) is 2.95. The molecule has 1 fully saturated rings. The number of nitrogens with one attached hydrogen (secondary N) is 1. The lowest BCUT2D eigenvalue weighted by Crippen LogP contribution is -2.47. The van der Waals surface area contributed by atoms with Gasteiger partial charge in [-0.2, -0.15) is 26.3 Å². The van der Waals surface area contributed by atoms with Gasteiger partial charge in [0.1, 0.15) is 6.61 Å². The summed E-state index contributed by atoms with van der Waals surface area (Å²) in [6, 6.07) is 0.265. The second-order valence-electron chi connectivity index (χ2n) is 5.94. The minimum absolute atomic E-state index is 0.0625. The molecule has 1 aliphatic rings. The van der Waals surface area contributed by atoms with Gasteiger partial charge in [-0.25, -0.2) is 4.79 Å². The van der Waals surface area contributed by atoms with E-state index in [4.69, 9.17) is 4.74 Å². The molecule has 0 saturated carbocycles. The van der Waals surface area contributed by atoms with E-state index < -0.39 is 46.6 Å². The third kappa shape index (κ3) is 3.53. The molecule has 0 unspecified atom stereocenters. The van der Waals surface area contributed by atoms with Gasteiger partial charge in [-0.1, -0.05) is 19.9 Å². The van der Waals surface area contributed by atoms with Crippen LogP contribution in [0.3, 0.4) is 0 Å². The van der Waals surface area contributed by atoms with Crippen molar-refractivity contribution in [2.75, 3.05) is 6.61 Å². The third-order valence-corrected chi connectivity index (χ3v) is 3.62. The molecule has 3 nitrogen and oxygen atoms in total. The Morgan fingerprint density at radius 3 is 2.26 bits per heavy atom. The van der Waals surface area contributed by atoms with Crippen molar-refractivity contribution in [1.29, 1.82) is 0 Å². The molecule has 0 radical (unpaired) electrons. The highest BCUT2D eigenvalue weighted by atomic mass is 19.4. The summed E-state index contributed by atoms with van der Waals surface area (Å²) in [5, 5.41) is 2.25. The number of alkyl carbamates (subject to hydrolysis) is 1. The Morgan fingerprint density at radius 2 is 1.74 bits per heavy atom.